The molecule has 0 radical (unpaired) electrons. The third-order valence-electron chi connectivity index (χ3n) is 3.86. The molecule has 0 aliphatic carbocycles. The Bertz CT molecular complexity index is 711. The molecule has 0 spiro atoms. The van der Waals surface area contributed by atoms with E-state index in [4.69, 9.17) is 0 Å². The van der Waals surface area contributed by atoms with Crippen LogP contribution in [0.15, 0.2) is 18.2 Å². The number of hydrogen-bond donors (Lipinski definition) is 2. The van der Waals surface area contributed by atoms with E-state index >= 15 is 0 Å². The van der Waals surface area contributed by atoms with Crippen LogP contribution < -0.4 is 5.32 Å². The van der Waals surface area contributed by atoms with Gasteiger partial charge in [-0.3, -0.25) is 20.0 Å². The normalized spacial score (nSPS) is 17.2. The van der Waals surface area contributed by atoms with Gasteiger partial charge in [-0.1, -0.05) is 0 Å². The van der Waals surface area contributed by atoms with E-state index in [1.165, 1.54) is 12.1 Å². The van der Waals surface area contributed by atoms with Crippen LogP contribution in [0.2, 0.25) is 0 Å². The summed E-state index contributed by atoms with van der Waals surface area (Å²) in [7, 11) is 1.73. The van der Waals surface area contributed by atoms with Crippen LogP contribution in [0.3, 0.4) is 0 Å². The third kappa shape index (κ3) is 2.75. The average Bonchev–Trinajstić information content (AvgIpc) is 3.14. The fourth-order valence-corrected chi connectivity index (χ4v) is 2.58. The van der Waals surface area contributed by atoms with Gasteiger partial charge in [0.2, 0.25) is 0 Å². The first kappa shape index (κ1) is 16.2. The summed E-state index contributed by atoms with van der Waals surface area (Å²) in [6.45, 7) is 1.64. The van der Waals surface area contributed by atoms with Crippen LogP contribution in [0.1, 0.15) is 16.9 Å². The first-order chi connectivity index (χ1) is 10.1. The number of nitro groups is 1. The van der Waals surface area contributed by atoms with Crippen LogP contribution in [-0.2, 0) is 0 Å². The number of fused-ring (bicyclic) bond motifs is 1. The molecule has 1 saturated heterocycles. The molecule has 1 unspecified atom stereocenters. The number of carbonyl (C=O) groups is 1. The van der Waals surface area contributed by atoms with Crippen molar-refractivity contribution in [2.45, 2.75) is 12.5 Å². The number of benzene rings is 1. The number of aromatic nitrogens is 2. The maximum Gasteiger partial charge on any atom is 0.275 e. The van der Waals surface area contributed by atoms with Crippen molar-refractivity contribution in [3.8, 4) is 0 Å². The highest BCUT2D eigenvalue weighted by molar-refractivity contribution is 6.05. The van der Waals surface area contributed by atoms with Crippen molar-refractivity contribution in [2.24, 2.45) is 0 Å². The molecular weight excluding hydrogens is 310 g/mol. The zero-order valence-electron chi connectivity index (χ0n) is 11.9. The van der Waals surface area contributed by atoms with E-state index in [0.717, 1.165) is 19.5 Å². The van der Waals surface area contributed by atoms with Crippen LogP contribution in [-0.4, -0.2) is 52.1 Å². The van der Waals surface area contributed by atoms with E-state index in [9.17, 15) is 14.9 Å². The number of carbonyl (C=O) groups excluding carboxylic acids is 1. The van der Waals surface area contributed by atoms with Gasteiger partial charge >= 0.3 is 0 Å². The lowest BCUT2D eigenvalue weighted by Crippen LogP contribution is -2.38. The molecule has 1 aromatic heterocycles. The molecule has 1 aliphatic rings. The van der Waals surface area contributed by atoms with Crippen LogP contribution in [0.4, 0.5) is 5.69 Å². The van der Waals surface area contributed by atoms with Gasteiger partial charge in [-0.15, -0.1) is 12.4 Å². The minimum absolute atomic E-state index is 0. The van der Waals surface area contributed by atoms with E-state index in [1.807, 2.05) is 0 Å². The van der Waals surface area contributed by atoms with Crippen molar-refractivity contribution in [1.29, 1.82) is 0 Å². The predicted octanol–water partition coefficient (Wildman–Crippen LogP) is 1.33. The van der Waals surface area contributed by atoms with E-state index in [1.54, 1.807) is 18.0 Å². The van der Waals surface area contributed by atoms with Crippen molar-refractivity contribution in [3.05, 3.63) is 34.0 Å². The monoisotopic (exact) mass is 325 g/mol. The lowest BCUT2D eigenvalue weighted by atomic mass is 10.1. The molecule has 2 aromatic rings. The molecule has 2 N–H and O–H groups in total. The summed E-state index contributed by atoms with van der Waals surface area (Å²) in [4.78, 5) is 24.6. The Morgan fingerprint density at radius 1 is 1.50 bits per heavy atom. The second kappa shape index (κ2) is 6.29. The van der Waals surface area contributed by atoms with Gasteiger partial charge in [-0.05, 0) is 19.0 Å². The summed E-state index contributed by atoms with van der Waals surface area (Å²) < 4.78 is 0. The lowest BCUT2D eigenvalue weighted by molar-refractivity contribution is -0.384. The van der Waals surface area contributed by atoms with Gasteiger partial charge in [0, 0.05) is 37.2 Å². The third-order valence-corrected chi connectivity index (χ3v) is 3.86. The molecule has 0 bridgehead atoms. The van der Waals surface area contributed by atoms with Crippen LogP contribution in [0.5, 0.6) is 0 Å². The Labute approximate surface area is 132 Å². The summed E-state index contributed by atoms with van der Waals surface area (Å²) in [5.74, 6) is -0.226. The Balaban J connectivity index is 0.00000176. The Kier molecular flexibility index (Phi) is 4.62. The predicted molar refractivity (Wildman–Crippen MR) is 83.4 cm³/mol. The molecule has 1 amide bonds. The minimum atomic E-state index is -0.481. The Morgan fingerprint density at radius 2 is 2.27 bits per heavy atom. The molecule has 8 nitrogen and oxygen atoms in total. The molecule has 0 saturated carbocycles. The summed E-state index contributed by atoms with van der Waals surface area (Å²) >= 11 is 0. The fourth-order valence-electron chi connectivity index (χ4n) is 2.58. The quantitative estimate of drug-likeness (QED) is 0.654. The standard InChI is InChI=1S/C13H15N5O3.ClH/c1-17(9-4-5-14-7-9)13(19)12-10-6-8(18(20)21)2-3-11(10)15-16-12;/h2-3,6,9,14H,4-5,7H2,1H3,(H,15,16);1H. The molecule has 3 rings (SSSR count). The summed E-state index contributed by atoms with van der Waals surface area (Å²) in [6, 6.07) is 4.46. The maximum atomic E-state index is 12.5. The highest BCUT2D eigenvalue weighted by atomic mass is 35.5. The number of likely N-dealkylation sites (N-methyl/N-ethyl adjacent to an activating group) is 1. The number of nitrogens with zero attached hydrogens (tertiary/aromatic N) is 3. The summed E-state index contributed by atoms with van der Waals surface area (Å²) in [5.41, 5.74) is 0.785. The molecule has 118 valence electrons. The van der Waals surface area contributed by atoms with E-state index < -0.39 is 4.92 Å². The summed E-state index contributed by atoms with van der Waals surface area (Å²) in [6.07, 6.45) is 0.894. The zero-order valence-corrected chi connectivity index (χ0v) is 12.7. The molecular formula is C13H16ClN5O3. The first-order valence-electron chi connectivity index (χ1n) is 6.68. The van der Waals surface area contributed by atoms with Crippen molar-refractivity contribution in [2.75, 3.05) is 20.1 Å². The van der Waals surface area contributed by atoms with E-state index in [-0.39, 0.29) is 35.7 Å². The average molecular weight is 326 g/mol. The first-order valence-corrected chi connectivity index (χ1v) is 6.68. The maximum absolute atomic E-state index is 12.5. The minimum Gasteiger partial charge on any atom is -0.336 e. The SMILES string of the molecule is CN(C(=O)c1n[nH]c2ccc([N+](=O)[O-])cc12)C1CCNC1.Cl. The number of rotatable bonds is 3. The van der Waals surface area contributed by atoms with Crippen LogP contribution >= 0.6 is 12.4 Å². The molecule has 9 heteroatoms. The smallest absolute Gasteiger partial charge is 0.275 e. The number of hydrogen-bond acceptors (Lipinski definition) is 5. The molecule has 1 aromatic carbocycles. The van der Waals surface area contributed by atoms with Crippen LogP contribution in [0, 0.1) is 10.1 Å². The second-order valence-electron chi connectivity index (χ2n) is 5.12. The van der Waals surface area contributed by atoms with Crippen molar-refractivity contribution >= 4 is 34.9 Å². The number of nitrogens with one attached hydrogen (secondary N) is 2. The number of H-pyrrole nitrogens is 1. The molecule has 1 atom stereocenters. The topological polar surface area (TPSA) is 104 Å². The number of halogens is 1. The molecule has 22 heavy (non-hydrogen) atoms. The van der Waals surface area contributed by atoms with Crippen molar-refractivity contribution in [3.63, 3.8) is 0 Å². The highest BCUT2D eigenvalue weighted by Gasteiger charge is 2.27. The zero-order chi connectivity index (χ0) is 15.0. The van der Waals surface area contributed by atoms with Gasteiger partial charge in [0.1, 0.15) is 0 Å². The van der Waals surface area contributed by atoms with Gasteiger partial charge in [-0.2, -0.15) is 5.10 Å². The number of amides is 1. The van der Waals surface area contributed by atoms with Gasteiger partial charge in [-0.25, -0.2) is 0 Å². The van der Waals surface area contributed by atoms with Gasteiger partial charge in [0.15, 0.2) is 5.69 Å². The van der Waals surface area contributed by atoms with E-state index in [2.05, 4.69) is 15.5 Å². The molecule has 2 heterocycles. The number of aromatic amines is 1. The fraction of sp³-hybridized carbons (Fsp3) is 0.385. The largest absolute Gasteiger partial charge is 0.336 e. The lowest BCUT2D eigenvalue weighted by Gasteiger charge is -2.22. The van der Waals surface area contributed by atoms with Gasteiger partial charge in [0.05, 0.1) is 10.4 Å². The Hall–Kier alpha value is -2.19. The molecule has 1 fully saturated rings. The highest BCUT2D eigenvalue weighted by Crippen LogP contribution is 2.23. The van der Waals surface area contributed by atoms with Crippen molar-refractivity contribution in [1.82, 2.24) is 20.4 Å². The van der Waals surface area contributed by atoms with Crippen LogP contribution in [0.25, 0.3) is 10.9 Å². The summed E-state index contributed by atoms with van der Waals surface area (Å²) in [5, 5.41) is 21.3. The molecule has 1 aliphatic heterocycles. The van der Waals surface area contributed by atoms with Gasteiger partial charge in [0.25, 0.3) is 11.6 Å². The Morgan fingerprint density at radius 3 is 2.91 bits per heavy atom. The van der Waals surface area contributed by atoms with Crippen molar-refractivity contribution < 1.29 is 9.72 Å². The second-order valence-corrected chi connectivity index (χ2v) is 5.12. The number of nitro benzene ring substituents is 1. The number of non-ortho nitro benzene ring substituents is 1. The van der Waals surface area contributed by atoms with E-state index in [0.29, 0.717) is 10.9 Å². The van der Waals surface area contributed by atoms with Gasteiger partial charge < -0.3 is 10.2 Å².